The number of halogens is 3. The van der Waals surface area contributed by atoms with E-state index in [4.69, 9.17) is 16.0 Å². The highest BCUT2D eigenvalue weighted by Crippen LogP contribution is 2.36. The fourth-order valence-corrected chi connectivity index (χ4v) is 4.99. The zero-order valence-corrected chi connectivity index (χ0v) is 20.4. The molecule has 1 saturated heterocycles. The Hall–Kier alpha value is -3.45. The zero-order valence-electron chi connectivity index (χ0n) is 19.6. The third-order valence-electron chi connectivity index (χ3n) is 6.14. The van der Waals surface area contributed by atoms with Crippen molar-refractivity contribution in [2.45, 2.75) is 38.8 Å². The highest BCUT2D eigenvalue weighted by molar-refractivity contribution is 7.18. The van der Waals surface area contributed by atoms with Gasteiger partial charge in [0.15, 0.2) is 5.13 Å². The summed E-state index contributed by atoms with van der Waals surface area (Å²) in [7, 11) is 0. The van der Waals surface area contributed by atoms with Crippen molar-refractivity contribution in [1.29, 1.82) is 0 Å². The molecule has 1 fully saturated rings. The number of benzene rings is 1. The minimum Gasteiger partial charge on any atom is -0.382 e. The maximum atomic E-state index is 13.8. The number of likely N-dealkylation sites (tertiary alicyclic amines) is 1. The van der Waals surface area contributed by atoms with Crippen LogP contribution < -0.4 is 16.4 Å². The van der Waals surface area contributed by atoms with E-state index in [0.29, 0.717) is 11.4 Å². The molecule has 2 aromatic heterocycles. The quantitative estimate of drug-likeness (QED) is 0.429. The number of alkyl halides is 2. The SMILES string of the molecule is CC(C(N)=O)N(c1ccc(F)cc1)c1nc(N)c(C(=O)c2cc(CN3CCC(F)(F)C(C)C3)no2)s1. The van der Waals surface area contributed by atoms with Crippen LogP contribution in [0.1, 0.15) is 41.4 Å². The molecule has 1 aromatic carbocycles. The van der Waals surface area contributed by atoms with Crippen molar-refractivity contribution in [3.63, 3.8) is 0 Å². The number of carbonyl (C=O) groups excluding carboxylic acids is 2. The Labute approximate surface area is 208 Å². The average molecular weight is 523 g/mol. The number of anilines is 3. The molecule has 9 nitrogen and oxygen atoms in total. The van der Waals surface area contributed by atoms with E-state index in [1.54, 1.807) is 6.92 Å². The van der Waals surface area contributed by atoms with Gasteiger partial charge >= 0.3 is 0 Å². The zero-order chi connectivity index (χ0) is 26.2. The second kappa shape index (κ2) is 9.90. The summed E-state index contributed by atoms with van der Waals surface area (Å²) in [6.07, 6.45) is -0.244. The minimum atomic E-state index is -2.70. The Morgan fingerprint density at radius 3 is 2.67 bits per heavy atom. The standard InChI is InChI=1S/C23H25F3N6O3S/c1-12-10-31(8-7-23(12,25)26)11-15-9-17(35-30-15)18(33)19-20(27)29-22(36-19)32(13(2)21(28)34)16-5-3-14(24)4-6-16/h3-6,9,12-13H,7-8,10-11,27H2,1-2H3,(H2,28,34). The number of nitrogen functional groups attached to an aromatic ring is 1. The molecule has 1 aliphatic rings. The van der Waals surface area contributed by atoms with Gasteiger partial charge in [-0.3, -0.25) is 14.5 Å². The van der Waals surface area contributed by atoms with Crippen LogP contribution in [0.15, 0.2) is 34.9 Å². The van der Waals surface area contributed by atoms with Crippen molar-refractivity contribution >= 4 is 39.7 Å². The highest BCUT2D eigenvalue weighted by Gasteiger charge is 2.41. The van der Waals surface area contributed by atoms with Crippen LogP contribution in [0.25, 0.3) is 0 Å². The number of rotatable bonds is 8. The maximum Gasteiger partial charge on any atom is 0.253 e. The number of thiazole rings is 1. The molecule has 3 heterocycles. The van der Waals surface area contributed by atoms with Crippen LogP contribution in [-0.2, 0) is 11.3 Å². The first-order chi connectivity index (χ1) is 17.0. The summed E-state index contributed by atoms with van der Waals surface area (Å²) in [6, 6.07) is 5.92. The van der Waals surface area contributed by atoms with Gasteiger partial charge in [-0.25, -0.2) is 18.2 Å². The average Bonchev–Trinajstić information content (AvgIpc) is 3.44. The Morgan fingerprint density at radius 1 is 1.33 bits per heavy atom. The third-order valence-corrected chi connectivity index (χ3v) is 7.21. The smallest absolute Gasteiger partial charge is 0.253 e. The van der Waals surface area contributed by atoms with Gasteiger partial charge < -0.3 is 20.9 Å². The first kappa shape index (κ1) is 25.6. The molecular weight excluding hydrogens is 497 g/mol. The van der Waals surface area contributed by atoms with Crippen molar-refractivity contribution in [3.8, 4) is 0 Å². The number of carbonyl (C=O) groups is 2. The van der Waals surface area contributed by atoms with E-state index < -0.39 is 35.4 Å². The van der Waals surface area contributed by atoms with E-state index in [1.807, 2.05) is 4.90 Å². The first-order valence-corrected chi connectivity index (χ1v) is 12.0. The summed E-state index contributed by atoms with van der Waals surface area (Å²) >= 11 is 0.918. The number of nitrogens with two attached hydrogens (primary N) is 2. The largest absolute Gasteiger partial charge is 0.382 e. The molecular formula is C23H25F3N6O3S. The molecule has 4 N–H and O–H groups in total. The molecule has 0 saturated carbocycles. The van der Waals surface area contributed by atoms with Crippen molar-refractivity contribution < 1.29 is 27.3 Å². The van der Waals surface area contributed by atoms with E-state index in [1.165, 1.54) is 42.2 Å². The number of ketones is 1. The van der Waals surface area contributed by atoms with Gasteiger partial charge in [-0.15, -0.1) is 0 Å². The van der Waals surface area contributed by atoms with Gasteiger partial charge in [-0.05, 0) is 31.2 Å². The van der Waals surface area contributed by atoms with Crippen LogP contribution in [0.3, 0.4) is 0 Å². The Balaban J connectivity index is 1.55. The number of nitrogens with zero attached hydrogens (tertiary/aromatic N) is 4. The van der Waals surface area contributed by atoms with Crippen molar-refractivity contribution in [1.82, 2.24) is 15.0 Å². The van der Waals surface area contributed by atoms with Crippen LogP contribution in [0, 0.1) is 11.7 Å². The van der Waals surface area contributed by atoms with Gasteiger partial charge in [0.25, 0.3) is 5.92 Å². The van der Waals surface area contributed by atoms with Gasteiger partial charge in [-0.2, -0.15) is 0 Å². The summed E-state index contributed by atoms with van der Waals surface area (Å²) in [6.45, 7) is 3.71. The number of primary amides is 1. The lowest BCUT2D eigenvalue weighted by atomic mass is 9.95. The molecule has 0 bridgehead atoms. The number of piperidine rings is 1. The van der Waals surface area contributed by atoms with Gasteiger partial charge in [0.2, 0.25) is 17.5 Å². The lowest BCUT2D eigenvalue weighted by molar-refractivity contribution is -0.118. The van der Waals surface area contributed by atoms with Crippen LogP contribution in [0.5, 0.6) is 0 Å². The number of hydrogen-bond acceptors (Lipinski definition) is 9. The molecule has 0 spiro atoms. The molecule has 2 atom stereocenters. The molecule has 2 unspecified atom stereocenters. The Kier molecular flexibility index (Phi) is 7.05. The topological polar surface area (TPSA) is 132 Å². The monoisotopic (exact) mass is 522 g/mol. The predicted octanol–water partition coefficient (Wildman–Crippen LogP) is 3.57. The summed E-state index contributed by atoms with van der Waals surface area (Å²) < 4.78 is 46.2. The van der Waals surface area contributed by atoms with Crippen molar-refractivity contribution in [3.05, 3.63) is 52.5 Å². The first-order valence-electron chi connectivity index (χ1n) is 11.2. The molecule has 36 heavy (non-hydrogen) atoms. The van der Waals surface area contributed by atoms with Crippen LogP contribution in [-0.4, -0.2) is 51.8 Å². The lowest BCUT2D eigenvalue weighted by Crippen LogP contribution is -2.45. The van der Waals surface area contributed by atoms with Gasteiger partial charge in [0.1, 0.15) is 22.6 Å². The number of hydrogen-bond donors (Lipinski definition) is 2. The fourth-order valence-electron chi connectivity index (χ4n) is 3.96. The Morgan fingerprint density at radius 2 is 2.03 bits per heavy atom. The second-order valence-corrected chi connectivity index (χ2v) is 9.77. The van der Waals surface area contributed by atoms with Crippen LogP contribution in [0.4, 0.5) is 29.8 Å². The second-order valence-electron chi connectivity index (χ2n) is 8.79. The predicted molar refractivity (Wildman–Crippen MR) is 128 cm³/mol. The van der Waals surface area contributed by atoms with Crippen LogP contribution in [0.2, 0.25) is 0 Å². The summed E-state index contributed by atoms with van der Waals surface area (Å²) in [5, 5.41) is 4.11. The molecule has 4 rings (SSSR count). The number of amides is 1. The molecule has 1 amide bonds. The summed E-state index contributed by atoms with van der Waals surface area (Å²) in [5.74, 6) is -5.36. The van der Waals surface area contributed by atoms with E-state index in [-0.39, 0.29) is 47.6 Å². The van der Waals surface area contributed by atoms with Gasteiger partial charge in [0, 0.05) is 43.7 Å². The molecule has 3 aromatic rings. The normalized spacial score (nSPS) is 18.6. The maximum absolute atomic E-state index is 13.8. The van der Waals surface area contributed by atoms with Gasteiger partial charge in [-0.1, -0.05) is 23.4 Å². The fraction of sp³-hybridized carbons (Fsp3) is 0.391. The third kappa shape index (κ3) is 5.21. The van der Waals surface area contributed by atoms with E-state index >= 15 is 0 Å². The van der Waals surface area contributed by atoms with E-state index in [2.05, 4.69) is 10.1 Å². The number of aromatic nitrogens is 2. The summed E-state index contributed by atoms with van der Waals surface area (Å²) in [5.41, 5.74) is 12.4. The molecule has 1 aliphatic heterocycles. The van der Waals surface area contributed by atoms with Gasteiger partial charge in [0.05, 0.1) is 5.69 Å². The van der Waals surface area contributed by atoms with E-state index in [0.717, 1.165) is 11.3 Å². The van der Waals surface area contributed by atoms with Crippen LogP contribution >= 0.6 is 11.3 Å². The molecule has 192 valence electrons. The highest BCUT2D eigenvalue weighted by atomic mass is 32.1. The molecule has 13 heteroatoms. The van der Waals surface area contributed by atoms with Crippen molar-refractivity contribution in [2.75, 3.05) is 23.7 Å². The van der Waals surface area contributed by atoms with E-state index in [9.17, 15) is 22.8 Å². The molecule has 0 aliphatic carbocycles. The Bertz CT molecular complexity index is 1260. The lowest BCUT2D eigenvalue weighted by Gasteiger charge is -2.36. The van der Waals surface area contributed by atoms with Crippen molar-refractivity contribution in [2.24, 2.45) is 11.7 Å². The minimum absolute atomic E-state index is 0.0581. The molecule has 0 radical (unpaired) electrons. The summed E-state index contributed by atoms with van der Waals surface area (Å²) in [4.78, 5) is 32.6.